The van der Waals surface area contributed by atoms with Crippen molar-refractivity contribution in [1.29, 1.82) is 0 Å². The molecule has 5 heteroatoms. The van der Waals surface area contributed by atoms with Crippen LogP contribution in [0.2, 0.25) is 0 Å². The summed E-state index contributed by atoms with van der Waals surface area (Å²) in [7, 11) is 2.14. The maximum atomic E-state index is 12.0. The number of aliphatic hydroxyl groups is 2. The van der Waals surface area contributed by atoms with Gasteiger partial charge in [-0.05, 0) is 49.7 Å². The number of hydrogen-bond acceptors (Lipinski definition) is 4. The van der Waals surface area contributed by atoms with Gasteiger partial charge in [-0.25, -0.2) is 0 Å². The molecular weight excluding hydrogens is 330 g/mol. The molecule has 0 saturated heterocycles. The first-order valence-corrected chi connectivity index (χ1v) is 9.80. The third-order valence-electron chi connectivity index (χ3n) is 6.37. The van der Waals surface area contributed by atoms with E-state index in [1.165, 1.54) is 25.5 Å². The zero-order valence-corrected chi connectivity index (χ0v) is 15.7. The molecule has 5 nitrogen and oxygen atoms in total. The Morgan fingerprint density at radius 2 is 1.96 bits per heavy atom. The van der Waals surface area contributed by atoms with Crippen LogP contribution in [0.3, 0.4) is 0 Å². The minimum absolute atomic E-state index is 0.0976. The second-order valence-electron chi connectivity index (χ2n) is 7.90. The van der Waals surface area contributed by atoms with Crippen molar-refractivity contribution in [1.82, 2.24) is 0 Å². The number of aliphatic hydroxyl groups excluding tert-OH is 2. The molecule has 0 bridgehead atoms. The number of hydrogen-bond donors (Lipinski definition) is 3. The van der Waals surface area contributed by atoms with E-state index in [4.69, 9.17) is 0 Å². The van der Waals surface area contributed by atoms with Crippen molar-refractivity contribution in [3.05, 3.63) is 35.1 Å². The van der Waals surface area contributed by atoms with Gasteiger partial charge in [-0.1, -0.05) is 19.1 Å². The summed E-state index contributed by atoms with van der Waals surface area (Å²) in [5.74, 6) is 0.247. The van der Waals surface area contributed by atoms with Crippen LogP contribution in [0.4, 0.5) is 0 Å². The zero-order chi connectivity index (χ0) is 18.9. The summed E-state index contributed by atoms with van der Waals surface area (Å²) in [6.45, 7) is 3.26. The van der Waals surface area contributed by atoms with Crippen molar-refractivity contribution in [2.75, 3.05) is 13.6 Å². The normalized spacial score (nSPS) is 33.1. The van der Waals surface area contributed by atoms with Crippen molar-refractivity contribution < 1.29 is 25.1 Å². The number of carbonyl (C=O) groups excluding carboxylic acids is 2. The van der Waals surface area contributed by atoms with Crippen molar-refractivity contribution in [3.63, 3.8) is 0 Å². The predicted octanol–water partition coefficient (Wildman–Crippen LogP) is 1.59. The van der Waals surface area contributed by atoms with E-state index in [-0.39, 0.29) is 17.5 Å². The minimum atomic E-state index is -1.13. The summed E-state index contributed by atoms with van der Waals surface area (Å²) in [5.41, 5.74) is 0.433. The SMILES string of the molecule is CC[C@@]12C3=C(O)C(=O)C=CC3=CCC1CCC(=O)C2O.C[NH2+]CC1CC1. The highest BCUT2D eigenvalue weighted by atomic mass is 16.3. The Balaban J connectivity index is 0.000000278. The summed E-state index contributed by atoms with van der Waals surface area (Å²) in [6.07, 6.45) is 9.22. The van der Waals surface area contributed by atoms with E-state index in [1.54, 1.807) is 6.08 Å². The van der Waals surface area contributed by atoms with Crippen LogP contribution in [-0.2, 0) is 9.59 Å². The molecule has 142 valence electrons. The molecule has 0 aromatic carbocycles. The molecule has 0 heterocycles. The average molecular weight is 360 g/mol. The molecule has 26 heavy (non-hydrogen) atoms. The van der Waals surface area contributed by atoms with E-state index >= 15 is 0 Å². The highest BCUT2D eigenvalue weighted by Gasteiger charge is 2.55. The van der Waals surface area contributed by atoms with Gasteiger partial charge in [0.25, 0.3) is 0 Å². The number of allylic oxidation sites excluding steroid dienone is 4. The van der Waals surface area contributed by atoms with E-state index in [0.29, 0.717) is 24.8 Å². The van der Waals surface area contributed by atoms with E-state index < -0.39 is 17.3 Å². The maximum Gasteiger partial charge on any atom is 0.220 e. The van der Waals surface area contributed by atoms with Crippen LogP contribution < -0.4 is 5.32 Å². The van der Waals surface area contributed by atoms with Crippen LogP contribution in [-0.4, -0.2) is 41.5 Å². The summed E-state index contributed by atoms with van der Waals surface area (Å²) in [5, 5.41) is 23.0. The Labute approximate surface area is 154 Å². The van der Waals surface area contributed by atoms with Gasteiger partial charge < -0.3 is 15.5 Å². The lowest BCUT2D eigenvalue weighted by molar-refractivity contribution is -0.629. The molecule has 0 aromatic rings. The number of nitrogens with two attached hydrogens (primary N) is 1. The van der Waals surface area contributed by atoms with Crippen LogP contribution in [0.1, 0.15) is 45.4 Å². The molecular formula is C21H30NO4+. The van der Waals surface area contributed by atoms with Gasteiger partial charge in [0.15, 0.2) is 11.5 Å². The predicted molar refractivity (Wildman–Crippen MR) is 98.4 cm³/mol. The smallest absolute Gasteiger partial charge is 0.220 e. The fourth-order valence-electron chi connectivity index (χ4n) is 4.75. The number of ketones is 2. The summed E-state index contributed by atoms with van der Waals surface area (Å²) < 4.78 is 0. The second-order valence-corrected chi connectivity index (χ2v) is 7.90. The minimum Gasteiger partial charge on any atom is -0.504 e. The number of fused-ring (bicyclic) bond motifs is 3. The van der Waals surface area contributed by atoms with E-state index in [2.05, 4.69) is 12.4 Å². The van der Waals surface area contributed by atoms with Crippen molar-refractivity contribution in [2.45, 2.75) is 51.6 Å². The first-order valence-electron chi connectivity index (χ1n) is 9.80. The standard InChI is InChI=1S/C16H18O4.C5H11N/c1-2-16-10(6-8-12(18)15(16)20)5-3-9-4-7-11(17)14(19)13(9)16;1-6-4-5-2-3-5/h3-4,7,10,15,19-20H,2,5-6,8H2,1H3;5-6H,2-4H2,1H3/p+1/t10?,15?,16-;/m0./s1. The zero-order valence-electron chi connectivity index (χ0n) is 15.7. The molecule has 0 aromatic heterocycles. The monoisotopic (exact) mass is 360 g/mol. The van der Waals surface area contributed by atoms with Gasteiger partial charge >= 0.3 is 0 Å². The van der Waals surface area contributed by atoms with E-state index in [1.807, 2.05) is 13.0 Å². The molecule has 0 spiro atoms. The molecule has 2 fully saturated rings. The third kappa shape index (κ3) is 3.19. The van der Waals surface area contributed by atoms with E-state index in [0.717, 1.165) is 17.9 Å². The van der Waals surface area contributed by atoms with Gasteiger partial charge in [-0.15, -0.1) is 0 Å². The van der Waals surface area contributed by atoms with Crippen LogP contribution in [0.25, 0.3) is 0 Å². The number of Topliss-reactive ketones (excluding diaryl/α,β-unsaturated/α-hetero) is 1. The summed E-state index contributed by atoms with van der Waals surface area (Å²) >= 11 is 0. The molecule has 4 aliphatic carbocycles. The fourth-order valence-corrected chi connectivity index (χ4v) is 4.75. The summed E-state index contributed by atoms with van der Waals surface area (Å²) in [6, 6.07) is 0. The largest absolute Gasteiger partial charge is 0.504 e. The molecule has 4 rings (SSSR count). The van der Waals surface area contributed by atoms with Gasteiger partial charge in [-0.2, -0.15) is 0 Å². The Hall–Kier alpha value is -1.72. The van der Waals surface area contributed by atoms with Gasteiger partial charge in [-0.3, -0.25) is 9.59 Å². The van der Waals surface area contributed by atoms with Crippen LogP contribution in [0.5, 0.6) is 0 Å². The number of rotatable bonds is 3. The maximum absolute atomic E-state index is 12.0. The van der Waals surface area contributed by atoms with Crippen molar-refractivity contribution >= 4 is 11.6 Å². The lowest BCUT2D eigenvalue weighted by Crippen LogP contribution is -2.80. The second kappa shape index (κ2) is 7.49. The van der Waals surface area contributed by atoms with Gasteiger partial charge in [0.2, 0.25) is 5.78 Å². The highest BCUT2D eigenvalue weighted by Crippen LogP contribution is 2.56. The van der Waals surface area contributed by atoms with Gasteiger partial charge in [0, 0.05) is 23.3 Å². The van der Waals surface area contributed by atoms with Crippen molar-refractivity contribution in [2.24, 2.45) is 17.3 Å². The van der Waals surface area contributed by atoms with Gasteiger partial charge in [0.05, 0.1) is 13.6 Å². The third-order valence-corrected chi connectivity index (χ3v) is 6.37. The molecule has 4 aliphatic rings. The first-order chi connectivity index (χ1) is 12.5. The Morgan fingerprint density at radius 1 is 1.23 bits per heavy atom. The molecule has 2 saturated carbocycles. The first kappa shape index (κ1) is 19.1. The Morgan fingerprint density at radius 3 is 2.54 bits per heavy atom. The van der Waals surface area contributed by atoms with Crippen molar-refractivity contribution in [3.8, 4) is 0 Å². The Bertz CT molecular complexity index is 686. The molecule has 0 amide bonds. The number of carbonyl (C=O) groups is 2. The number of quaternary nitrogens is 1. The van der Waals surface area contributed by atoms with Crippen LogP contribution in [0.15, 0.2) is 35.1 Å². The van der Waals surface area contributed by atoms with E-state index in [9.17, 15) is 19.8 Å². The highest BCUT2D eigenvalue weighted by molar-refractivity contribution is 6.05. The quantitative estimate of drug-likeness (QED) is 0.713. The topological polar surface area (TPSA) is 91.2 Å². The molecule has 4 N–H and O–H groups in total. The summed E-state index contributed by atoms with van der Waals surface area (Å²) in [4.78, 5) is 23.8. The molecule has 2 unspecified atom stereocenters. The van der Waals surface area contributed by atoms with Gasteiger partial charge in [0.1, 0.15) is 6.10 Å². The lowest BCUT2D eigenvalue weighted by atomic mass is 9.53. The van der Waals surface area contributed by atoms with Crippen LogP contribution in [0, 0.1) is 17.3 Å². The molecule has 0 radical (unpaired) electrons. The lowest BCUT2D eigenvalue weighted by Gasteiger charge is -2.50. The Kier molecular flexibility index (Phi) is 5.49. The fraction of sp³-hybridized carbons (Fsp3) is 0.619. The van der Waals surface area contributed by atoms with Crippen LogP contribution >= 0.6 is 0 Å². The average Bonchev–Trinajstić information content (AvgIpc) is 3.46. The molecule has 0 aliphatic heterocycles. The molecule has 3 atom stereocenters.